The van der Waals surface area contributed by atoms with Crippen LogP contribution in [0.15, 0.2) is 24.3 Å². The minimum absolute atomic E-state index is 0.310. The van der Waals surface area contributed by atoms with E-state index < -0.39 is 0 Å². The van der Waals surface area contributed by atoms with E-state index in [1.807, 2.05) is 12.1 Å². The van der Waals surface area contributed by atoms with Crippen molar-refractivity contribution < 1.29 is 4.79 Å². The van der Waals surface area contributed by atoms with Crippen LogP contribution in [0.2, 0.25) is 0 Å². The molecule has 0 aromatic heterocycles. The fourth-order valence-corrected chi connectivity index (χ4v) is 3.24. The van der Waals surface area contributed by atoms with E-state index in [0.29, 0.717) is 17.6 Å². The first-order chi connectivity index (χ1) is 7.38. The molecule has 0 heterocycles. The first-order valence-electron chi connectivity index (χ1n) is 6.01. The molecule has 0 aliphatic heterocycles. The first kappa shape index (κ1) is 9.14. The van der Waals surface area contributed by atoms with E-state index in [1.165, 1.54) is 31.2 Å². The lowest BCUT2D eigenvalue weighted by Crippen LogP contribution is -2.11. The average Bonchev–Trinajstić information content (AvgIpc) is 2.48. The second kappa shape index (κ2) is 3.48. The molecule has 0 saturated heterocycles. The van der Waals surface area contributed by atoms with Gasteiger partial charge in [0.1, 0.15) is 0 Å². The SMILES string of the molecule is O=C1c2ccccc2[C@@H]2CCCCC[C@H]12. The summed E-state index contributed by atoms with van der Waals surface area (Å²) in [5, 5.41) is 0. The molecule has 0 N–H and O–H groups in total. The fraction of sp³-hybridized carbons (Fsp3) is 0.500. The zero-order valence-electron chi connectivity index (χ0n) is 8.91. The van der Waals surface area contributed by atoms with Gasteiger partial charge in [0.25, 0.3) is 0 Å². The van der Waals surface area contributed by atoms with Crippen LogP contribution in [0.3, 0.4) is 0 Å². The van der Waals surface area contributed by atoms with E-state index in [2.05, 4.69) is 12.1 Å². The maximum atomic E-state index is 12.2. The Kier molecular flexibility index (Phi) is 2.12. The van der Waals surface area contributed by atoms with E-state index in [9.17, 15) is 4.79 Å². The van der Waals surface area contributed by atoms with Crippen molar-refractivity contribution in [2.24, 2.45) is 5.92 Å². The van der Waals surface area contributed by atoms with E-state index in [-0.39, 0.29) is 0 Å². The molecule has 1 heteroatoms. The summed E-state index contributed by atoms with van der Waals surface area (Å²) in [6.45, 7) is 0. The van der Waals surface area contributed by atoms with Gasteiger partial charge in [-0.1, -0.05) is 43.5 Å². The Morgan fingerprint density at radius 1 is 0.933 bits per heavy atom. The molecule has 1 aromatic rings. The number of carbonyl (C=O) groups excluding carboxylic acids is 1. The average molecular weight is 200 g/mol. The Morgan fingerprint density at radius 2 is 1.67 bits per heavy atom. The lowest BCUT2D eigenvalue weighted by Gasteiger charge is -2.14. The van der Waals surface area contributed by atoms with Crippen LogP contribution in [0.1, 0.15) is 53.9 Å². The van der Waals surface area contributed by atoms with Crippen molar-refractivity contribution in [3.8, 4) is 0 Å². The van der Waals surface area contributed by atoms with Gasteiger partial charge in [-0.25, -0.2) is 0 Å². The summed E-state index contributed by atoms with van der Waals surface area (Å²) in [7, 11) is 0. The number of benzene rings is 1. The quantitative estimate of drug-likeness (QED) is 0.626. The molecule has 0 amide bonds. The molecular weight excluding hydrogens is 184 g/mol. The maximum absolute atomic E-state index is 12.2. The number of hydrogen-bond acceptors (Lipinski definition) is 1. The van der Waals surface area contributed by atoms with Crippen LogP contribution in [-0.4, -0.2) is 5.78 Å². The lowest BCUT2D eigenvalue weighted by molar-refractivity contribution is 0.0917. The Bertz CT molecular complexity index is 394. The Balaban J connectivity index is 2.06. The molecule has 78 valence electrons. The Hall–Kier alpha value is -1.11. The summed E-state index contributed by atoms with van der Waals surface area (Å²) in [6, 6.07) is 8.22. The lowest BCUT2D eigenvalue weighted by atomic mass is 9.88. The highest BCUT2D eigenvalue weighted by Crippen LogP contribution is 2.45. The summed E-state index contributed by atoms with van der Waals surface area (Å²) in [5.74, 6) is 1.26. The monoisotopic (exact) mass is 200 g/mol. The van der Waals surface area contributed by atoms with Gasteiger partial charge in [0.15, 0.2) is 5.78 Å². The van der Waals surface area contributed by atoms with Gasteiger partial charge in [-0.2, -0.15) is 0 Å². The van der Waals surface area contributed by atoms with E-state index in [1.54, 1.807) is 0 Å². The van der Waals surface area contributed by atoms with Crippen LogP contribution in [0.4, 0.5) is 0 Å². The van der Waals surface area contributed by atoms with Gasteiger partial charge in [0.05, 0.1) is 0 Å². The molecule has 1 saturated carbocycles. The molecule has 3 rings (SSSR count). The van der Waals surface area contributed by atoms with Crippen LogP contribution in [0.25, 0.3) is 0 Å². The predicted octanol–water partition coefficient (Wildman–Crippen LogP) is 3.55. The van der Waals surface area contributed by atoms with Gasteiger partial charge in [-0.15, -0.1) is 0 Å². The van der Waals surface area contributed by atoms with Crippen molar-refractivity contribution in [3.05, 3.63) is 35.4 Å². The highest BCUT2D eigenvalue weighted by Gasteiger charge is 2.39. The van der Waals surface area contributed by atoms with E-state index >= 15 is 0 Å². The third kappa shape index (κ3) is 1.33. The minimum atomic E-state index is 0.310. The maximum Gasteiger partial charge on any atom is 0.166 e. The van der Waals surface area contributed by atoms with Crippen LogP contribution in [-0.2, 0) is 0 Å². The van der Waals surface area contributed by atoms with Crippen LogP contribution in [0.5, 0.6) is 0 Å². The predicted molar refractivity (Wildman–Crippen MR) is 60.1 cm³/mol. The number of Topliss-reactive ketones (excluding diaryl/α,β-unsaturated/α-hetero) is 1. The molecule has 1 fully saturated rings. The highest BCUT2D eigenvalue weighted by molar-refractivity contribution is 6.03. The molecule has 15 heavy (non-hydrogen) atoms. The van der Waals surface area contributed by atoms with Crippen molar-refractivity contribution >= 4 is 5.78 Å². The number of carbonyl (C=O) groups is 1. The van der Waals surface area contributed by atoms with Crippen molar-refractivity contribution in [1.29, 1.82) is 0 Å². The van der Waals surface area contributed by atoms with Crippen molar-refractivity contribution in [1.82, 2.24) is 0 Å². The zero-order chi connectivity index (χ0) is 10.3. The van der Waals surface area contributed by atoms with Crippen LogP contribution in [0, 0.1) is 5.92 Å². The van der Waals surface area contributed by atoms with Gasteiger partial charge in [0, 0.05) is 11.5 Å². The van der Waals surface area contributed by atoms with Crippen molar-refractivity contribution in [2.75, 3.05) is 0 Å². The van der Waals surface area contributed by atoms with Gasteiger partial charge in [0.2, 0.25) is 0 Å². The molecular formula is C14H16O. The number of hydrogen-bond donors (Lipinski definition) is 0. The zero-order valence-corrected chi connectivity index (χ0v) is 8.91. The molecule has 1 aromatic carbocycles. The molecule has 1 nitrogen and oxygen atoms in total. The highest BCUT2D eigenvalue weighted by atomic mass is 16.1. The molecule has 2 aliphatic carbocycles. The largest absolute Gasteiger partial charge is 0.294 e. The fourth-order valence-electron chi connectivity index (χ4n) is 3.24. The summed E-state index contributed by atoms with van der Waals surface area (Å²) in [5.41, 5.74) is 2.34. The summed E-state index contributed by atoms with van der Waals surface area (Å²) in [4.78, 5) is 12.2. The Labute approximate surface area is 90.5 Å². The van der Waals surface area contributed by atoms with Gasteiger partial charge in [-0.05, 0) is 24.3 Å². The molecule has 2 atom stereocenters. The third-order valence-electron chi connectivity index (χ3n) is 3.98. The van der Waals surface area contributed by atoms with Crippen molar-refractivity contribution in [2.45, 2.75) is 38.0 Å². The summed E-state index contributed by atoms with van der Waals surface area (Å²) >= 11 is 0. The van der Waals surface area contributed by atoms with Crippen LogP contribution < -0.4 is 0 Å². The minimum Gasteiger partial charge on any atom is -0.294 e. The molecule has 2 aliphatic rings. The number of ketones is 1. The first-order valence-corrected chi connectivity index (χ1v) is 6.01. The second-order valence-corrected chi connectivity index (χ2v) is 4.80. The van der Waals surface area contributed by atoms with Gasteiger partial charge < -0.3 is 0 Å². The number of rotatable bonds is 0. The van der Waals surface area contributed by atoms with E-state index in [4.69, 9.17) is 0 Å². The van der Waals surface area contributed by atoms with Gasteiger partial charge in [-0.3, -0.25) is 4.79 Å². The third-order valence-corrected chi connectivity index (χ3v) is 3.98. The standard InChI is InChI=1S/C14H16O/c15-14-12-8-3-1-2-6-10(12)11-7-4-5-9-13(11)14/h4-5,7,9-10,12H,1-3,6,8H2/t10-,12-/m0/s1. The second-order valence-electron chi connectivity index (χ2n) is 4.80. The Morgan fingerprint density at radius 3 is 2.53 bits per heavy atom. The molecule has 0 bridgehead atoms. The molecule has 0 spiro atoms. The number of fused-ring (bicyclic) bond motifs is 3. The van der Waals surface area contributed by atoms with Gasteiger partial charge >= 0.3 is 0 Å². The van der Waals surface area contributed by atoms with E-state index in [0.717, 1.165) is 12.0 Å². The smallest absolute Gasteiger partial charge is 0.166 e. The topological polar surface area (TPSA) is 17.1 Å². The molecule has 0 unspecified atom stereocenters. The van der Waals surface area contributed by atoms with Crippen LogP contribution >= 0.6 is 0 Å². The van der Waals surface area contributed by atoms with Crippen molar-refractivity contribution in [3.63, 3.8) is 0 Å². The normalized spacial score (nSPS) is 29.5. The summed E-state index contributed by atoms with van der Waals surface area (Å²) < 4.78 is 0. The molecule has 0 radical (unpaired) electrons. The summed E-state index contributed by atoms with van der Waals surface area (Å²) in [6.07, 6.45) is 6.16.